The van der Waals surface area contributed by atoms with Gasteiger partial charge in [-0.15, -0.1) is 0 Å². The van der Waals surface area contributed by atoms with Crippen LogP contribution in [0, 0.1) is 0 Å². The van der Waals surface area contributed by atoms with Crippen molar-refractivity contribution in [1.82, 2.24) is 5.32 Å². The highest BCUT2D eigenvalue weighted by Crippen LogP contribution is 2.15. The van der Waals surface area contributed by atoms with Gasteiger partial charge in [-0.25, -0.2) is 0 Å². The van der Waals surface area contributed by atoms with Crippen LogP contribution in [-0.2, 0) is 19.6 Å². The van der Waals surface area contributed by atoms with Gasteiger partial charge in [-0.1, -0.05) is 54.6 Å². The van der Waals surface area contributed by atoms with Crippen LogP contribution in [0.5, 0.6) is 11.5 Å². The predicted molar refractivity (Wildman–Crippen MR) is 106 cm³/mol. The average Bonchev–Trinajstić information content (AvgIpc) is 2.71. The van der Waals surface area contributed by atoms with Gasteiger partial charge in [0, 0.05) is 6.54 Å². The molecule has 0 aliphatic heterocycles. The highest BCUT2D eigenvalue weighted by atomic mass is 16.5. The second kappa shape index (κ2) is 9.64. The molecule has 0 bridgehead atoms. The summed E-state index contributed by atoms with van der Waals surface area (Å²) < 4.78 is 11.1. The van der Waals surface area contributed by atoms with E-state index in [9.17, 15) is 0 Å². The maximum atomic E-state index is 5.89. The zero-order valence-electron chi connectivity index (χ0n) is 15.2. The molecule has 3 aromatic carbocycles. The summed E-state index contributed by atoms with van der Waals surface area (Å²) in [7, 11) is 1.69. The summed E-state index contributed by atoms with van der Waals surface area (Å²) in [6.45, 7) is 2.36. The molecule has 0 fully saturated rings. The lowest BCUT2D eigenvalue weighted by Crippen LogP contribution is -2.16. The first kappa shape index (κ1) is 18.0. The van der Waals surface area contributed by atoms with Gasteiger partial charge in [-0.3, -0.25) is 0 Å². The van der Waals surface area contributed by atoms with Crippen molar-refractivity contribution < 1.29 is 9.47 Å². The largest absolute Gasteiger partial charge is 0.497 e. The van der Waals surface area contributed by atoms with Gasteiger partial charge in [0.15, 0.2) is 0 Å². The minimum Gasteiger partial charge on any atom is -0.497 e. The van der Waals surface area contributed by atoms with Gasteiger partial charge in [-0.05, 0) is 53.9 Å². The molecule has 3 aromatic rings. The Hall–Kier alpha value is -2.78. The van der Waals surface area contributed by atoms with Crippen LogP contribution in [0.1, 0.15) is 16.7 Å². The molecule has 26 heavy (non-hydrogen) atoms. The first-order valence-corrected chi connectivity index (χ1v) is 8.93. The molecule has 0 spiro atoms. The van der Waals surface area contributed by atoms with Crippen LogP contribution in [0.25, 0.3) is 0 Å². The maximum Gasteiger partial charge on any atom is 0.120 e. The molecule has 0 aliphatic rings. The molecule has 3 heteroatoms. The second-order valence-electron chi connectivity index (χ2n) is 6.20. The molecule has 0 unspecified atom stereocenters. The predicted octanol–water partition coefficient (Wildman–Crippen LogP) is 4.61. The zero-order chi connectivity index (χ0) is 18.0. The molecule has 0 saturated carbocycles. The highest BCUT2D eigenvalue weighted by molar-refractivity contribution is 5.29. The van der Waals surface area contributed by atoms with Crippen LogP contribution >= 0.6 is 0 Å². The van der Waals surface area contributed by atoms with Gasteiger partial charge in [-0.2, -0.15) is 0 Å². The third kappa shape index (κ3) is 5.64. The number of ether oxygens (including phenoxy) is 2. The molecular formula is C23H25NO2. The highest BCUT2D eigenvalue weighted by Gasteiger charge is 1.99. The lowest BCUT2D eigenvalue weighted by atomic mass is 10.1. The van der Waals surface area contributed by atoms with Crippen LogP contribution < -0.4 is 14.8 Å². The van der Waals surface area contributed by atoms with E-state index in [0.717, 1.165) is 31.0 Å². The van der Waals surface area contributed by atoms with Crippen LogP contribution in [0.2, 0.25) is 0 Å². The lowest BCUT2D eigenvalue weighted by Gasteiger charge is -2.09. The SMILES string of the molecule is COc1ccc(CCNCc2cccc(OCc3ccccc3)c2)cc1. The summed E-state index contributed by atoms with van der Waals surface area (Å²) in [4.78, 5) is 0. The van der Waals surface area contributed by atoms with Crippen molar-refractivity contribution in [1.29, 1.82) is 0 Å². The number of methoxy groups -OCH3 is 1. The molecule has 0 aliphatic carbocycles. The van der Waals surface area contributed by atoms with Gasteiger partial charge in [0.05, 0.1) is 7.11 Å². The molecule has 0 radical (unpaired) electrons. The standard InChI is InChI=1S/C23H25NO2/c1-25-22-12-10-19(11-13-22)14-15-24-17-21-8-5-9-23(16-21)26-18-20-6-3-2-4-7-20/h2-13,16,24H,14-15,17-18H2,1H3. The summed E-state index contributed by atoms with van der Waals surface area (Å²) in [6, 6.07) is 26.7. The first-order valence-electron chi connectivity index (χ1n) is 8.93. The van der Waals surface area contributed by atoms with Crippen LogP contribution in [0.15, 0.2) is 78.9 Å². The van der Waals surface area contributed by atoms with Crippen LogP contribution in [0.3, 0.4) is 0 Å². The molecule has 1 N–H and O–H groups in total. The minimum atomic E-state index is 0.592. The zero-order valence-corrected chi connectivity index (χ0v) is 15.2. The fourth-order valence-electron chi connectivity index (χ4n) is 2.74. The van der Waals surface area contributed by atoms with Gasteiger partial charge in [0.25, 0.3) is 0 Å². The minimum absolute atomic E-state index is 0.592. The van der Waals surface area contributed by atoms with Crippen molar-refractivity contribution in [3.8, 4) is 11.5 Å². The Morgan fingerprint density at radius 2 is 1.50 bits per heavy atom. The Labute approximate surface area is 155 Å². The van der Waals surface area contributed by atoms with Crippen LogP contribution in [0.4, 0.5) is 0 Å². The third-order valence-corrected chi connectivity index (χ3v) is 4.23. The fourth-order valence-corrected chi connectivity index (χ4v) is 2.74. The number of nitrogens with one attached hydrogen (secondary N) is 1. The normalized spacial score (nSPS) is 10.5. The third-order valence-electron chi connectivity index (χ3n) is 4.23. The van der Waals surface area contributed by atoms with Crippen molar-refractivity contribution in [2.75, 3.05) is 13.7 Å². The first-order chi connectivity index (χ1) is 12.8. The topological polar surface area (TPSA) is 30.5 Å². The molecule has 0 atom stereocenters. The maximum absolute atomic E-state index is 5.89. The summed E-state index contributed by atoms with van der Waals surface area (Å²) in [6.07, 6.45) is 0.994. The Morgan fingerprint density at radius 1 is 0.731 bits per heavy atom. The molecule has 134 valence electrons. The fraction of sp³-hybridized carbons (Fsp3) is 0.217. The van der Waals surface area contributed by atoms with Crippen molar-refractivity contribution in [2.45, 2.75) is 19.6 Å². The monoisotopic (exact) mass is 347 g/mol. The summed E-state index contributed by atoms with van der Waals surface area (Å²) in [5.74, 6) is 1.80. The lowest BCUT2D eigenvalue weighted by molar-refractivity contribution is 0.306. The van der Waals surface area contributed by atoms with Crippen molar-refractivity contribution in [3.05, 3.63) is 95.6 Å². The Kier molecular flexibility index (Phi) is 6.68. The molecule has 0 aromatic heterocycles. The van der Waals surface area contributed by atoms with Crippen molar-refractivity contribution >= 4 is 0 Å². The molecule has 3 nitrogen and oxygen atoms in total. The Morgan fingerprint density at radius 3 is 2.27 bits per heavy atom. The van der Waals surface area contributed by atoms with Gasteiger partial charge >= 0.3 is 0 Å². The number of hydrogen-bond acceptors (Lipinski definition) is 3. The molecule has 0 heterocycles. The summed E-state index contributed by atoms with van der Waals surface area (Å²) in [5.41, 5.74) is 3.71. The number of hydrogen-bond donors (Lipinski definition) is 1. The average molecular weight is 347 g/mol. The van der Waals surface area contributed by atoms with E-state index in [1.54, 1.807) is 7.11 Å². The van der Waals surface area contributed by atoms with E-state index in [1.165, 1.54) is 16.7 Å². The number of rotatable bonds is 9. The molecular weight excluding hydrogens is 322 g/mol. The van der Waals surface area contributed by atoms with E-state index >= 15 is 0 Å². The number of benzene rings is 3. The van der Waals surface area contributed by atoms with E-state index in [0.29, 0.717) is 6.61 Å². The molecule has 0 amide bonds. The Balaban J connectivity index is 1.43. The smallest absolute Gasteiger partial charge is 0.120 e. The summed E-state index contributed by atoms with van der Waals surface area (Å²) >= 11 is 0. The van der Waals surface area contributed by atoms with Crippen molar-refractivity contribution in [2.24, 2.45) is 0 Å². The Bertz CT molecular complexity index is 785. The molecule has 0 saturated heterocycles. The molecule has 3 rings (SSSR count). The van der Waals surface area contributed by atoms with Gasteiger partial charge in [0.1, 0.15) is 18.1 Å². The van der Waals surface area contributed by atoms with Gasteiger partial charge < -0.3 is 14.8 Å². The summed E-state index contributed by atoms with van der Waals surface area (Å²) in [5, 5.41) is 3.49. The van der Waals surface area contributed by atoms with E-state index in [2.05, 4.69) is 41.7 Å². The van der Waals surface area contributed by atoms with E-state index in [1.807, 2.05) is 42.5 Å². The van der Waals surface area contributed by atoms with E-state index in [4.69, 9.17) is 9.47 Å². The van der Waals surface area contributed by atoms with Crippen LogP contribution in [-0.4, -0.2) is 13.7 Å². The van der Waals surface area contributed by atoms with E-state index in [-0.39, 0.29) is 0 Å². The second-order valence-corrected chi connectivity index (χ2v) is 6.20. The van der Waals surface area contributed by atoms with Crippen molar-refractivity contribution in [3.63, 3.8) is 0 Å². The quantitative estimate of drug-likeness (QED) is 0.574. The van der Waals surface area contributed by atoms with Gasteiger partial charge in [0.2, 0.25) is 0 Å². The van der Waals surface area contributed by atoms with E-state index < -0.39 is 0 Å².